The Morgan fingerprint density at radius 3 is 2.30 bits per heavy atom. The number of rotatable bonds is 3. The van der Waals surface area contributed by atoms with E-state index in [0.29, 0.717) is 32.5 Å². The molecule has 1 fully saturated rings. The Morgan fingerprint density at radius 1 is 1.20 bits per heavy atom. The first kappa shape index (κ1) is 14.7. The van der Waals surface area contributed by atoms with Crippen molar-refractivity contribution >= 4 is 0 Å². The minimum atomic E-state index is -4.68. The van der Waals surface area contributed by atoms with Crippen LogP contribution in [0.1, 0.15) is 18.4 Å². The van der Waals surface area contributed by atoms with E-state index in [2.05, 4.69) is 10.8 Å². The van der Waals surface area contributed by atoms with Gasteiger partial charge in [0.1, 0.15) is 5.75 Å². The van der Waals surface area contributed by atoms with Gasteiger partial charge in [-0.2, -0.15) is 5.26 Å². The van der Waals surface area contributed by atoms with Crippen LogP contribution in [0.2, 0.25) is 0 Å². The summed E-state index contributed by atoms with van der Waals surface area (Å²) in [6.45, 7) is 1.09. The van der Waals surface area contributed by atoms with Crippen LogP contribution in [0.3, 0.4) is 0 Å². The van der Waals surface area contributed by atoms with E-state index in [1.54, 1.807) is 12.1 Å². The van der Waals surface area contributed by atoms with Crippen LogP contribution in [0.4, 0.5) is 13.2 Å². The third kappa shape index (κ3) is 3.87. The van der Waals surface area contributed by atoms with Gasteiger partial charge in [0.05, 0.1) is 11.5 Å². The van der Waals surface area contributed by atoms with Crippen LogP contribution in [0.15, 0.2) is 24.3 Å². The first-order valence-corrected chi connectivity index (χ1v) is 6.26. The Bertz CT molecular complexity index is 485. The maximum Gasteiger partial charge on any atom is 0.573 e. The van der Waals surface area contributed by atoms with E-state index in [0.717, 1.165) is 5.56 Å². The summed E-state index contributed by atoms with van der Waals surface area (Å²) >= 11 is 0. The standard InChI is InChI=1S/C14H14F3NO2/c15-14(16,17)20-12-3-1-11(2-4-12)9-13(10-18)5-7-19-8-6-13/h1-4H,5-9H2. The van der Waals surface area contributed by atoms with Gasteiger partial charge in [0.15, 0.2) is 0 Å². The molecule has 0 aromatic heterocycles. The lowest BCUT2D eigenvalue weighted by molar-refractivity contribution is -0.274. The fraction of sp³-hybridized carbons (Fsp3) is 0.500. The van der Waals surface area contributed by atoms with Gasteiger partial charge in [0.25, 0.3) is 0 Å². The molecule has 0 amide bonds. The third-order valence-corrected chi connectivity index (χ3v) is 3.39. The number of alkyl halides is 3. The normalized spacial score (nSPS) is 18.3. The summed E-state index contributed by atoms with van der Waals surface area (Å²) in [5.41, 5.74) is 0.341. The van der Waals surface area contributed by atoms with E-state index in [9.17, 15) is 18.4 Å². The lowest BCUT2D eigenvalue weighted by Crippen LogP contribution is -2.30. The molecule has 0 unspecified atom stereocenters. The molecule has 1 aliphatic rings. The Balaban J connectivity index is 2.05. The Morgan fingerprint density at radius 2 is 1.80 bits per heavy atom. The lowest BCUT2D eigenvalue weighted by Gasteiger charge is -2.30. The number of hydrogen-bond donors (Lipinski definition) is 0. The van der Waals surface area contributed by atoms with Crippen molar-refractivity contribution < 1.29 is 22.6 Å². The molecule has 0 atom stereocenters. The van der Waals surface area contributed by atoms with Gasteiger partial charge in [-0.25, -0.2) is 0 Å². The molecule has 2 rings (SSSR count). The first-order chi connectivity index (χ1) is 9.42. The molecule has 1 saturated heterocycles. The van der Waals surface area contributed by atoms with Crippen molar-refractivity contribution in [1.82, 2.24) is 0 Å². The molecule has 20 heavy (non-hydrogen) atoms. The third-order valence-electron chi connectivity index (χ3n) is 3.39. The van der Waals surface area contributed by atoms with Gasteiger partial charge in [-0.15, -0.1) is 13.2 Å². The minimum Gasteiger partial charge on any atom is -0.406 e. The van der Waals surface area contributed by atoms with E-state index in [1.807, 2.05) is 0 Å². The van der Waals surface area contributed by atoms with Gasteiger partial charge in [0.2, 0.25) is 0 Å². The van der Waals surface area contributed by atoms with Gasteiger partial charge in [-0.3, -0.25) is 0 Å². The van der Waals surface area contributed by atoms with Crippen molar-refractivity contribution in [1.29, 1.82) is 5.26 Å². The van der Waals surface area contributed by atoms with Crippen molar-refractivity contribution in [3.63, 3.8) is 0 Å². The van der Waals surface area contributed by atoms with Gasteiger partial charge in [0, 0.05) is 13.2 Å². The molecule has 0 radical (unpaired) electrons. The summed E-state index contributed by atoms with van der Waals surface area (Å²) in [5.74, 6) is -0.251. The van der Waals surface area contributed by atoms with Gasteiger partial charge in [-0.05, 0) is 37.0 Å². The summed E-state index contributed by atoms with van der Waals surface area (Å²) in [6, 6.07) is 8.00. The SMILES string of the molecule is N#CC1(Cc2ccc(OC(F)(F)F)cc2)CCOCC1. The maximum absolute atomic E-state index is 12.1. The van der Waals surface area contributed by atoms with E-state index < -0.39 is 11.8 Å². The smallest absolute Gasteiger partial charge is 0.406 e. The van der Waals surface area contributed by atoms with Gasteiger partial charge >= 0.3 is 6.36 Å². The predicted molar refractivity (Wildman–Crippen MR) is 64.9 cm³/mol. The van der Waals surface area contributed by atoms with Crippen LogP contribution < -0.4 is 4.74 Å². The van der Waals surface area contributed by atoms with E-state index in [1.165, 1.54) is 12.1 Å². The summed E-state index contributed by atoms with van der Waals surface area (Å²) in [6.07, 6.45) is -2.89. The number of nitrogens with zero attached hydrogens (tertiary/aromatic N) is 1. The second-order valence-electron chi connectivity index (χ2n) is 4.87. The molecule has 0 spiro atoms. The molecule has 0 aliphatic carbocycles. The van der Waals surface area contributed by atoms with Crippen molar-refractivity contribution in [2.45, 2.75) is 25.6 Å². The molecular formula is C14H14F3NO2. The second-order valence-corrected chi connectivity index (χ2v) is 4.87. The maximum atomic E-state index is 12.1. The quantitative estimate of drug-likeness (QED) is 0.854. The van der Waals surface area contributed by atoms with E-state index in [-0.39, 0.29) is 5.75 Å². The van der Waals surface area contributed by atoms with Crippen molar-refractivity contribution in [3.8, 4) is 11.8 Å². The van der Waals surface area contributed by atoms with Crippen LogP contribution in [-0.2, 0) is 11.2 Å². The molecule has 0 saturated carbocycles. The molecule has 0 N–H and O–H groups in total. The minimum absolute atomic E-state index is 0.251. The summed E-state index contributed by atoms with van der Waals surface area (Å²) in [4.78, 5) is 0. The summed E-state index contributed by atoms with van der Waals surface area (Å²) < 4.78 is 45.2. The van der Waals surface area contributed by atoms with Crippen LogP contribution in [0, 0.1) is 16.7 Å². The predicted octanol–water partition coefficient (Wildman–Crippen LogP) is 3.45. The van der Waals surface area contributed by atoms with Gasteiger partial charge < -0.3 is 9.47 Å². The van der Waals surface area contributed by atoms with E-state index in [4.69, 9.17) is 4.74 Å². The number of halogens is 3. The monoisotopic (exact) mass is 285 g/mol. The summed E-state index contributed by atoms with van der Waals surface area (Å²) in [7, 11) is 0. The highest BCUT2D eigenvalue weighted by molar-refractivity contribution is 5.29. The van der Waals surface area contributed by atoms with Crippen molar-refractivity contribution in [2.75, 3.05) is 13.2 Å². The molecule has 1 aliphatic heterocycles. The molecule has 0 bridgehead atoms. The van der Waals surface area contributed by atoms with Crippen LogP contribution >= 0.6 is 0 Å². The molecule has 6 heteroatoms. The van der Waals surface area contributed by atoms with Crippen molar-refractivity contribution in [3.05, 3.63) is 29.8 Å². The van der Waals surface area contributed by atoms with Crippen LogP contribution in [0.25, 0.3) is 0 Å². The molecule has 1 heterocycles. The zero-order valence-electron chi connectivity index (χ0n) is 10.7. The lowest BCUT2D eigenvalue weighted by atomic mass is 9.76. The fourth-order valence-electron chi connectivity index (χ4n) is 2.29. The highest BCUT2D eigenvalue weighted by Crippen LogP contribution is 2.34. The number of nitriles is 1. The molecule has 108 valence electrons. The second kappa shape index (κ2) is 5.71. The molecular weight excluding hydrogens is 271 g/mol. The highest BCUT2D eigenvalue weighted by Gasteiger charge is 2.33. The number of ether oxygens (including phenoxy) is 2. The topological polar surface area (TPSA) is 42.2 Å². The van der Waals surface area contributed by atoms with Crippen LogP contribution in [-0.4, -0.2) is 19.6 Å². The molecule has 3 nitrogen and oxygen atoms in total. The average molecular weight is 285 g/mol. The van der Waals surface area contributed by atoms with Crippen LogP contribution in [0.5, 0.6) is 5.75 Å². The average Bonchev–Trinajstić information content (AvgIpc) is 2.40. The zero-order chi connectivity index (χ0) is 14.6. The molecule has 1 aromatic carbocycles. The van der Waals surface area contributed by atoms with E-state index >= 15 is 0 Å². The summed E-state index contributed by atoms with van der Waals surface area (Å²) in [5, 5.41) is 9.33. The first-order valence-electron chi connectivity index (χ1n) is 6.26. The Labute approximate surface area is 114 Å². The van der Waals surface area contributed by atoms with Crippen molar-refractivity contribution in [2.24, 2.45) is 5.41 Å². The Hall–Kier alpha value is -1.74. The Kier molecular flexibility index (Phi) is 4.19. The van der Waals surface area contributed by atoms with Gasteiger partial charge in [-0.1, -0.05) is 12.1 Å². The largest absolute Gasteiger partial charge is 0.573 e. The highest BCUT2D eigenvalue weighted by atomic mass is 19.4. The zero-order valence-corrected chi connectivity index (χ0v) is 10.7. The number of benzene rings is 1. The molecule has 1 aromatic rings. The fourth-order valence-corrected chi connectivity index (χ4v) is 2.29. The number of hydrogen-bond acceptors (Lipinski definition) is 3.